The van der Waals surface area contributed by atoms with Gasteiger partial charge in [0.25, 0.3) is 5.56 Å². The molecule has 0 fully saturated rings. The molecular weight excluding hydrogens is 451 g/mol. The van der Waals surface area contributed by atoms with Gasteiger partial charge < -0.3 is 0 Å². The van der Waals surface area contributed by atoms with Crippen LogP contribution in [0.3, 0.4) is 0 Å². The molecule has 2 heterocycles. The Bertz CT molecular complexity index is 1310. The van der Waals surface area contributed by atoms with Crippen LogP contribution in [0.25, 0.3) is 15.9 Å². The topological polar surface area (TPSA) is 34.9 Å². The Kier molecular flexibility index (Phi) is 5.63. The van der Waals surface area contributed by atoms with Crippen LogP contribution in [0.1, 0.15) is 29.3 Å². The van der Waals surface area contributed by atoms with Crippen LogP contribution in [0.5, 0.6) is 0 Å². The lowest BCUT2D eigenvalue weighted by molar-refractivity contribution is 0.509. The highest BCUT2D eigenvalue weighted by Gasteiger charge is 2.25. The number of aryl methyl sites for hydroxylation is 1. The largest absolute Gasteiger partial charge is 0.268 e. The predicted octanol–water partition coefficient (Wildman–Crippen LogP) is 6.66. The van der Waals surface area contributed by atoms with Crippen LogP contribution in [-0.2, 0) is 18.6 Å². The van der Waals surface area contributed by atoms with E-state index in [0.29, 0.717) is 27.4 Å². The normalized spacial score (nSPS) is 15.9. The van der Waals surface area contributed by atoms with Crippen LogP contribution < -0.4 is 5.56 Å². The summed E-state index contributed by atoms with van der Waals surface area (Å²) in [6, 6.07) is 14.2. The molecule has 1 atom stereocenters. The number of hydrogen-bond acceptors (Lipinski definition) is 4. The number of thiophene rings is 1. The number of thioether (sulfide) groups is 1. The van der Waals surface area contributed by atoms with Crippen LogP contribution in [0.2, 0.25) is 5.02 Å². The van der Waals surface area contributed by atoms with Crippen LogP contribution in [0, 0.1) is 11.7 Å². The van der Waals surface area contributed by atoms with Crippen molar-refractivity contribution in [1.82, 2.24) is 9.55 Å². The van der Waals surface area contributed by atoms with Gasteiger partial charge in [0, 0.05) is 21.2 Å². The molecule has 0 spiro atoms. The Balaban J connectivity index is 1.67. The van der Waals surface area contributed by atoms with Crippen molar-refractivity contribution in [3.63, 3.8) is 0 Å². The quantitative estimate of drug-likeness (QED) is 0.247. The Labute approximate surface area is 192 Å². The maximum Gasteiger partial charge on any atom is 0.267 e. The van der Waals surface area contributed by atoms with Crippen molar-refractivity contribution in [3.8, 4) is 5.69 Å². The zero-order valence-corrected chi connectivity index (χ0v) is 19.3. The van der Waals surface area contributed by atoms with Crippen molar-refractivity contribution in [2.45, 2.75) is 37.1 Å². The van der Waals surface area contributed by atoms with Crippen molar-refractivity contribution < 1.29 is 4.39 Å². The van der Waals surface area contributed by atoms with Crippen molar-refractivity contribution in [3.05, 3.63) is 85.7 Å². The number of rotatable bonds is 4. The average Bonchev–Trinajstić information content (AvgIpc) is 3.11. The van der Waals surface area contributed by atoms with E-state index in [9.17, 15) is 9.18 Å². The minimum absolute atomic E-state index is 0.0506. The van der Waals surface area contributed by atoms with E-state index in [2.05, 4.69) is 6.92 Å². The lowest BCUT2D eigenvalue weighted by Crippen LogP contribution is -2.22. The molecule has 3 nitrogen and oxygen atoms in total. The van der Waals surface area contributed by atoms with Crippen LogP contribution in [0.15, 0.2) is 58.5 Å². The molecule has 7 heteroatoms. The summed E-state index contributed by atoms with van der Waals surface area (Å²) < 4.78 is 16.0. The van der Waals surface area contributed by atoms with E-state index in [-0.39, 0.29) is 11.4 Å². The Hall–Kier alpha value is -2.15. The van der Waals surface area contributed by atoms with Crippen LogP contribution >= 0.6 is 34.7 Å². The molecule has 0 radical (unpaired) electrons. The highest BCUT2D eigenvalue weighted by Crippen LogP contribution is 2.37. The molecule has 0 N–H and O–H groups in total. The first-order valence-corrected chi connectivity index (χ1v) is 12.4. The first-order valence-electron chi connectivity index (χ1n) is 10.2. The minimum Gasteiger partial charge on any atom is -0.268 e. The SMILES string of the molecule is CC1CCc2c(sc3nc(SCc4c(F)cccc4Cl)n(-c4ccccc4)c(=O)c23)C1. The second kappa shape index (κ2) is 8.41. The number of aromatic nitrogens is 2. The van der Waals surface area contributed by atoms with Crippen molar-refractivity contribution >= 4 is 44.9 Å². The summed E-state index contributed by atoms with van der Waals surface area (Å²) in [6.45, 7) is 2.25. The lowest BCUT2D eigenvalue weighted by Gasteiger charge is -2.18. The van der Waals surface area contributed by atoms with Gasteiger partial charge in [-0.05, 0) is 55.0 Å². The van der Waals surface area contributed by atoms with Crippen molar-refractivity contribution in [2.24, 2.45) is 5.92 Å². The fourth-order valence-corrected chi connectivity index (χ4v) is 6.86. The molecule has 0 amide bonds. The van der Waals surface area contributed by atoms with Gasteiger partial charge in [-0.15, -0.1) is 11.3 Å². The maximum absolute atomic E-state index is 14.3. The van der Waals surface area contributed by atoms with Gasteiger partial charge in [-0.1, -0.05) is 54.6 Å². The number of nitrogens with zero attached hydrogens (tertiary/aromatic N) is 2. The zero-order chi connectivity index (χ0) is 21.5. The summed E-state index contributed by atoms with van der Waals surface area (Å²) in [5.41, 5.74) is 2.29. The molecule has 31 heavy (non-hydrogen) atoms. The molecular formula is C24H20ClFN2OS2. The van der Waals surface area contributed by atoms with Gasteiger partial charge in [0.2, 0.25) is 0 Å². The second-order valence-corrected chi connectivity index (χ2v) is 10.3. The Morgan fingerprint density at radius 3 is 2.81 bits per heavy atom. The smallest absolute Gasteiger partial charge is 0.267 e. The van der Waals surface area contributed by atoms with E-state index >= 15 is 0 Å². The van der Waals surface area contributed by atoms with Gasteiger partial charge in [-0.3, -0.25) is 9.36 Å². The molecule has 1 aliphatic rings. The summed E-state index contributed by atoms with van der Waals surface area (Å²) in [5.74, 6) is 0.558. The van der Waals surface area contributed by atoms with E-state index in [4.69, 9.17) is 16.6 Å². The van der Waals surface area contributed by atoms with Crippen molar-refractivity contribution in [2.75, 3.05) is 0 Å². The van der Waals surface area contributed by atoms with Crippen LogP contribution in [0.4, 0.5) is 4.39 Å². The summed E-state index contributed by atoms with van der Waals surface area (Å²) in [6.07, 6.45) is 3.00. The second-order valence-electron chi connectivity index (χ2n) is 7.89. The molecule has 5 rings (SSSR count). The molecule has 1 aliphatic carbocycles. The highest BCUT2D eigenvalue weighted by molar-refractivity contribution is 7.98. The number of fused-ring (bicyclic) bond motifs is 3. The zero-order valence-electron chi connectivity index (χ0n) is 16.9. The third-order valence-electron chi connectivity index (χ3n) is 5.72. The van der Waals surface area contributed by atoms with E-state index in [0.717, 1.165) is 40.7 Å². The van der Waals surface area contributed by atoms with Gasteiger partial charge in [-0.2, -0.15) is 0 Å². The third kappa shape index (κ3) is 3.81. The fraction of sp³-hybridized carbons (Fsp3) is 0.250. The summed E-state index contributed by atoms with van der Waals surface area (Å²) in [5, 5.41) is 1.67. The van der Waals surface area contributed by atoms with Gasteiger partial charge in [0.15, 0.2) is 5.16 Å². The van der Waals surface area contributed by atoms with E-state index < -0.39 is 0 Å². The third-order valence-corrected chi connectivity index (χ3v) is 8.19. The molecule has 0 bridgehead atoms. The summed E-state index contributed by atoms with van der Waals surface area (Å²) >= 11 is 9.18. The summed E-state index contributed by atoms with van der Waals surface area (Å²) in [4.78, 5) is 20.7. The predicted molar refractivity (Wildman–Crippen MR) is 127 cm³/mol. The monoisotopic (exact) mass is 470 g/mol. The summed E-state index contributed by atoms with van der Waals surface area (Å²) in [7, 11) is 0. The lowest BCUT2D eigenvalue weighted by atomic mass is 9.89. The molecule has 4 aromatic rings. The van der Waals surface area contributed by atoms with Crippen molar-refractivity contribution in [1.29, 1.82) is 0 Å². The van der Waals surface area contributed by atoms with Crippen LogP contribution in [-0.4, -0.2) is 9.55 Å². The van der Waals surface area contributed by atoms with Gasteiger partial charge >= 0.3 is 0 Å². The molecule has 0 aliphatic heterocycles. The first-order chi connectivity index (χ1) is 15.0. The molecule has 0 saturated carbocycles. The number of hydrogen-bond donors (Lipinski definition) is 0. The minimum atomic E-state index is -0.352. The van der Waals surface area contributed by atoms with Gasteiger partial charge in [0.1, 0.15) is 10.6 Å². The number of para-hydroxylation sites is 1. The Morgan fingerprint density at radius 2 is 2.03 bits per heavy atom. The molecule has 158 valence electrons. The van der Waals surface area contributed by atoms with E-state index in [1.165, 1.54) is 22.7 Å². The Morgan fingerprint density at radius 1 is 1.23 bits per heavy atom. The number of benzene rings is 2. The molecule has 1 unspecified atom stereocenters. The average molecular weight is 471 g/mol. The van der Waals surface area contributed by atoms with Gasteiger partial charge in [0.05, 0.1) is 11.1 Å². The number of halogens is 2. The maximum atomic E-state index is 14.3. The first kappa shape index (κ1) is 20.7. The van der Waals surface area contributed by atoms with E-state index in [1.807, 2.05) is 30.3 Å². The van der Waals surface area contributed by atoms with Gasteiger partial charge in [-0.25, -0.2) is 9.37 Å². The fourth-order valence-electron chi connectivity index (χ4n) is 4.08. The molecule has 2 aromatic heterocycles. The molecule has 0 saturated heterocycles. The highest BCUT2D eigenvalue weighted by atomic mass is 35.5. The molecule has 2 aromatic carbocycles. The standard InChI is InChI=1S/C24H20ClFN2OS2/c1-14-10-11-16-20(12-14)31-22-21(16)23(29)28(15-6-3-2-4-7-15)24(27-22)30-13-17-18(25)8-5-9-19(17)26/h2-9,14H,10-13H2,1H3. The van der Waals surface area contributed by atoms with E-state index in [1.54, 1.807) is 28.0 Å².